The van der Waals surface area contributed by atoms with Gasteiger partial charge in [-0.25, -0.2) is 0 Å². The van der Waals surface area contributed by atoms with Crippen molar-refractivity contribution in [3.05, 3.63) is 78.0 Å². The number of benzene rings is 2. The van der Waals surface area contributed by atoms with Gasteiger partial charge in [-0.15, -0.1) is 6.58 Å². The Kier molecular flexibility index (Phi) is 6.42. The van der Waals surface area contributed by atoms with Crippen LogP contribution in [0.2, 0.25) is 0 Å². The van der Waals surface area contributed by atoms with Gasteiger partial charge in [0, 0.05) is 48.8 Å². The standard InChI is InChI=1S/C26H31N3O2/c1-3-14-29-19(2)25(23-18-22(30)9-10-24(23)29)26(31)27-21-12-16-28(17-13-21)15-11-20-7-5-4-6-8-20/h3-10,18,21,30H,1,11-17H2,2H3,(H,27,31). The molecule has 0 atom stereocenters. The molecule has 0 spiro atoms. The summed E-state index contributed by atoms with van der Waals surface area (Å²) in [6.45, 7) is 9.47. The zero-order valence-corrected chi connectivity index (χ0v) is 18.2. The fourth-order valence-corrected chi connectivity index (χ4v) is 4.61. The minimum absolute atomic E-state index is 0.0568. The highest BCUT2D eigenvalue weighted by Gasteiger charge is 2.25. The van der Waals surface area contributed by atoms with Crippen molar-refractivity contribution in [2.45, 2.75) is 38.8 Å². The molecule has 1 aliphatic rings. The highest BCUT2D eigenvalue weighted by Crippen LogP contribution is 2.29. The van der Waals surface area contributed by atoms with Crippen LogP contribution in [0.3, 0.4) is 0 Å². The number of carbonyl (C=O) groups is 1. The topological polar surface area (TPSA) is 57.5 Å². The Labute approximate surface area is 184 Å². The number of phenolic OH excluding ortho intramolecular Hbond substituents is 1. The van der Waals surface area contributed by atoms with E-state index in [-0.39, 0.29) is 17.7 Å². The van der Waals surface area contributed by atoms with E-state index in [1.54, 1.807) is 12.1 Å². The van der Waals surface area contributed by atoms with Gasteiger partial charge in [-0.05, 0) is 49.9 Å². The van der Waals surface area contributed by atoms with E-state index in [0.29, 0.717) is 12.1 Å². The Morgan fingerprint density at radius 1 is 1.19 bits per heavy atom. The number of hydrogen-bond donors (Lipinski definition) is 2. The van der Waals surface area contributed by atoms with E-state index in [0.717, 1.165) is 55.5 Å². The molecular weight excluding hydrogens is 386 g/mol. The second kappa shape index (κ2) is 9.40. The summed E-state index contributed by atoms with van der Waals surface area (Å²) in [5.74, 6) is 0.114. The number of likely N-dealkylation sites (tertiary alicyclic amines) is 1. The summed E-state index contributed by atoms with van der Waals surface area (Å²) in [6.07, 6.45) is 4.79. The molecule has 0 saturated carbocycles. The molecule has 4 rings (SSSR count). The Hall–Kier alpha value is -3.05. The fourth-order valence-electron chi connectivity index (χ4n) is 4.61. The molecule has 1 aromatic heterocycles. The first-order chi connectivity index (χ1) is 15.1. The number of nitrogens with zero attached hydrogens (tertiary/aromatic N) is 2. The van der Waals surface area contributed by atoms with Crippen LogP contribution >= 0.6 is 0 Å². The molecule has 1 amide bonds. The molecule has 2 heterocycles. The lowest BCUT2D eigenvalue weighted by molar-refractivity contribution is 0.0912. The van der Waals surface area contributed by atoms with Gasteiger partial charge in [-0.1, -0.05) is 36.4 Å². The van der Waals surface area contributed by atoms with Crippen LogP contribution in [0.25, 0.3) is 10.9 Å². The molecule has 2 N–H and O–H groups in total. The van der Waals surface area contributed by atoms with E-state index >= 15 is 0 Å². The van der Waals surface area contributed by atoms with Crippen LogP contribution in [0.1, 0.15) is 34.5 Å². The average molecular weight is 418 g/mol. The van der Waals surface area contributed by atoms with Crippen molar-refractivity contribution in [3.8, 4) is 5.75 Å². The van der Waals surface area contributed by atoms with Crippen LogP contribution in [0.15, 0.2) is 61.2 Å². The van der Waals surface area contributed by atoms with Gasteiger partial charge in [0.1, 0.15) is 5.75 Å². The van der Waals surface area contributed by atoms with Crippen molar-refractivity contribution in [1.29, 1.82) is 0 Å². The lowest BCUT2D eigenvalue weighted by Crippen LogP contribution is -2.45. The molecule has 2 aromatic carbocycles. The Bertz CT molecular complexity index is 1060. The SMILES string of the molecule is C=CCn1c(C)c(C(=O)NC2CCN(CCc3ccccc3)CC2)c2cc(O)ccc21. The average Bonchev–Trinajstić information content (AvgIpc) is 3.05. The molecule has 0 unspecified atom stereocenters. The molecule has 0 aliphatic carbocycles. The van der Waals surface area contributed by atoms with Gasteiger partial charge in [0.2, 0.25) is 0 Å². The molecule has 1 aliphatic heterocycles. The first-order valence-electron chi connectivity index (χ1n) is 11.1. The van der Waals surface area contributed by atoms with E-state index in [9.17, 15) is 9.90 Å². The number of hydrogen-bond acceptors (Lipinski definition) is 3. The summed E-state index contributed by atoms with van der Waals surface area (Å²) in [5, 5.41) is 14.0. The van der Waals surface area contributed by atoms with Gasteiger partial charge in [-0.2, -0.15) is 0 Å². The van der Waals surface area contributed by atoms with Gasteiger partial charge in [0.15, 0.2) is 0 Å². The molecule has 1 saturated heterocycles. The van der Waals surface area contributed by atoms with Crippen molar-refractivity contribution in [2.24, 2.45) is 0 Å². The van der Waals surface area contributed by atoms with Crippen LogP contribution in [0, 0.1) is 6.92 Å². The number of carbonyl (C=O) groups excluding carboxylic acids is 1. The predicted molar refractivity (Wildman–Crippen MR) is 126 cm³/mol. The first kappa shape index (κ1) is 21.2. The molecular formula is C26H31N3O2. The van der Waals surface area contributed by atoms with Crippen molar-refractivity contribution < 1.29 is 9.90 Å². The Morgan fingerprint density at radius 2 is 1.94 bits per heavy atom. The van der Waals surface area contributed by atoms with Crippen LogP contribution in [-0.2, 0) is 13.0 Å². The zero-order chi connectivity index (χ0) is 21.8. The maximum absolute atomic E-state index is 13.2. The Morgan fingerprint density at radius 3 is 2.65 bits per heavy atom. The minimum atomic E-state index is -0.0568. The van der Waals surface area contributed by atoms with Gasteiger partial charge in [0.25, 0.3) is 5.91 Å². The molecule has 5 heteroatoms. The van der Waals surface area contributed by atoms with Crippen LogP contribution in [0.5, 0.6) is 5.75 Å². The van der Waals surface area contributed by atoms with E-state index in [4.69, 9.17) is 0 Å². The second-order valence-electron chi connectivity index (χ2n) is 8.39. The minimum Gasteiger partial charge on any atom is -0.508 e. The molecule has 162 valence electrons. The number of amides is 1. The van der Waals surface area contributed by atoms with Gasteiger partial charge in [0.05, 0.1) is 5.56 Å². The number of fused-ring (bicyclic) bond motifs is 1. The summed E-state index contributed by atoms with van der Waals surface area (Å²) >= 11 is 0. The number of aromatic nitrogens is 1. The highest BCUT2D eigenvalue weighted by atomic mass is 16.3. The smallest absolute Gasteiger partial charge is 0.253 e. The lowest BCUT2D eigenvalue weighted by Gasteiger charge is -2.32. The summed E-state index contributed by atoms with van der Waals surface area (Å²) in [6, 6.07) is 16.0. The molecule has 0 radical (unpaired) electrons. The molecule has 1 fully saturated rings. The van der Waals surface area contributed by atoms with Crippen LogP contribution in [0.4, 0.5) is 0 Å². The highest BCUT2D eigenvalue weighted by molar-refractivity contribution is 6.08. The third-order valence-corrected chi connectivity index (χ3v) is 6.33. The molecule has 31 heavy (non-hydrogen) atoms. The monoisotopic (exact) mass is 417 g/mol. The predicted octanol–water partition coefficient (Wildman–Crippen LogP) is 4.28. The Balaban J connectivity index is 1.40. The van der Waals surface area contributed by atoms with E-state index in [2.05, 4.69) is 51.7 Å². The maximum Gasteiger partial charge on any atom is 0.253 e. The van der Waals surface area contributed by atoms with E-state index in [1.807, 2.05) is 19.1 Å². The summed E-state index contributed by atoms with van der Waals surface area (Å²) < 4.78 is 2.07. The van der Waals surface area contributed by atoms with Crippen molar-refractivity contribution in [3.63, 3.8) is 0 Å². The van der Waals surface area contributed by atoms with Crippen LogP contribution < -0.4 is 5.32 Å². The number of phenols is 1. The summed E-state index contributed by atoms with van der Waals surface area (Å²) in [5.41, 5.74) is 3.86. The third kappa shape index (κ3) is 4.67. The molecule has 0 bridgehead atoms. The van der Waals surface area contributed by atoms with Crippen molar-refractivity contribution in [1.82, 2.24) is 14.8 Å². The van der Waals surface area contributed by atoms with Crippen molar-refractivity contribution >= 4 is 16.8 Å². The number of rotatable bonds is 7. The zero-order valence-electron chi connectivity index (χ0n) is 18.2. The van der Waals surface area contributed by atoms with Gasteiger partial charge in [-0.3, -0.25) is 4.79 Å². The number of aromatic hydroxyl groups is 1. The lowest BCUT2D eigenvalue weighted by atomic mass is 10.0. The van der Waals surface area contributed by atoms with Crippen molar-refractivity contribution in [2.75, 3.05) is 19.6 Å². The largest absolute Gasteiger partial charge is 0.508 e. The normalized spacial score (nSPS) is 15.3. The third-order valence-electron chi connectivity index (χ3n) is 6.33. The van der Waals surface area contributed by atoms with Gasteiger partial charge >= 0.3 is 0 Å². The quantitative estimate of drug-likeness (QED) is 0.564. The summed E-state index contributed by atoms with van der Waals surface area (Å²) in [4.78, 5) is 15.7. The number of nitrogens with one attached hydrogen (secondary N) is 1. The molecule has 5 nitrogen and oxygen atoms in total. The molecule has 3 aromatic rings. The fraction of sp³-hybridized carbons (Fsp3) is 0.346. The first-order valence-corrected chi connectivity index (χ1v) is 11.1. The number of piperidine rings is 1. The van der Waals surface area contributed by atoms with Crippen LogP contribution in [-0.4, -0.2) is 46.2 Å². The maximum atomic E-state index is 13.2. The second-order valence-corrected chi connectivity index (χ2v) is 8.39. The van der Waals surface area contributed by atoms with Gasteiger partial charge < -0.3 is 19.9 Å². The van der Waals surface area contributed by atoms with E-state index < -0.39 is 0 Å². The summed E-state index contributed by atoms with van der Waals surface area (Å²) in [7, 11) is 0. The van der Waals surface area contributed by atoms with E-state index in [1.165, 1.54) is 5.56 Å². The number of allylic oxidation sites excluding steroid dienone is 1.